The summed E-state index contributed by atoms with van der Waals surface area (Å²) in [5.74, 6) is -1.91. The van der Waals surface area contributed by atoms with Crippen molar-refractivity contribution in [2.75, 3.05) is 26.8 Å². The smallest absolute Gasteiger partial charge is 0.251 e. The first-order valence-electron chi connectivity index (χ1n) is 12.3. The third kappa shape index (κ3) is 3.73. The topological polar surface area (TPSA) is 68.8 Å². The van der Waals surface area contributed by atoms with Crippen molar-refractivity contribution < 1.29 is 27.8 Å². The normalized spacial score (nSPS) is 21.9. The third-order valence-corrected chi connectivity index (χ3v) is 7.77. The Morgan fingerprint density at radius 2 is 1.89 bits per heavy atom. The lowest BCUT2D eigenvalue weighted by molar-refractivity contribution is 0.0539. The molecule has 9 heteroatoms. The maximum Gasteiger partial charge on any atom is 0.251 e. The molecule has 0 unspecified atom stereocenters. The molecule has 3 aromatic rings. The zero-order valence-corrected chi connectivity index (χ0v) is 20.9. The summed E-state index contributed by atoms with van der Waals surface area (Å²) in [5.41, 5.74) is 0.502. The molecule has 6 rings (SSSR count). The summed E-state index contributed by atoms with van der Waals surface area (Å²) in [7, 11) is 1.44. The quantitative estimate of drug-likeness (QED) is 0.501. The molecule has 192 valence electrons. The van der Waals surface area contributed by atoms with Gasteiger partial charge in [0, 0.05) is 36.2 Å². The van der Waals surface area contributed by atoms with Crippen molar-refractivity contribution in [3.8, 4) is 28.4 Å². The van der Waals surface area contributed by atoms with Crippen LogP contribution in [0.25, 0.3) is 11.1 Å². The number of rotatable bonds is 4. The van der Waals surface area contributed by atoms with Crippen molar-refractivity contribution in [2.45, 2.75) is 30.9 Å². The monoisotopic (exact) mass is 526 g/mol. The van der Waals surface area contributed by atoms with Gasteiger partial charge in [0.2, 0.25) is 0 Å². The predicted octanol–water partition coefficient (Wildman–Crippen LogP) is 5.00. The molecule has 1 saturated heterocycles. The van der Waals surface area contributed by atoms with Gasteiger partial charge < -0.3 is 24.8 Å². The van der Waals surface area contributed by atoms with Crippen LogP contribution in [-0.2, 0) is 12.0 Å². The molecular weight excluding hydrogens is 502 g/mol. The van der Waals surface area contributed by atoms with Crippen molar-refractivity contribution in [1.29, 1.82) is 0 Å². The molecule has 3 aromatic carbocycles. The van der Waals surface area contributed by atoms with E-state index in [4.69, 9.17) is 25.8 Å². The van der Waals surface area contributed by atoms with E-state index in [2.05, 4.69) is 10.6 Å². The maximum absolute atomic E-state index is 16.2. The van der Waals surface area contributed by atoms with E-state index in [0.29, 0.717) is 12.0 Å². The molecule has 3 aliphatic rings. The summed E-state index contributed by atoms with van der Waals surface area (Å²) >= 11 is 6.57. The molecule has 0 aliphatic carbocycles. The highest BCUT2D eigenvalue weighted by Crippen LogP contribution is 2.53. The van der Waals surface area contributed by atoms with Gasteiger partial charge in [-0.1, -0.05) is 41.9 Å². The lowest BCUT2D eigenvalue weighted by atomic mass is 9.80. The summed E-state index contributed by atoms with van der Waals surface area (Å²) in [6.45, 7) is 1.20. The van der Waals surface area contributed by atoms with Crippen LogP contribution in [0.5, 0.6) is 17.2 Å². The van der Waals surface area contributed by atoms with Crippen LogP contribution in [0.3, 0.4) is 0 Å². The molecular formula is C28H25ClF2N2O4. The molecule has 2 atom stereocenters. The first kappa shape index (κ1) is 24.0. The standard InChI is InChI=1S/C28H25ClF2N2O4/c1-32-27(34)16-12-20-26(36-11-10-35-20)25(31)23(16)22-17-14-28(21-8-5-9-33-21,15-6-3-2-4-7-15)37-19(17)13-18(30)24(22)29/h2-4,6-7,12-13,21,33H,5,8-11,14H2,1H3,(H,32,34)/t21-,28-/m0/s1. The Kier molecular flexibility index (Phi) is 5.96. The number of ether oxygens (including phenoxy) is 3. The minimum atomic E-state index is -0.858. The second-order valence-electron chi connectivity index (χ2n) is 9.42. The van der Waals surface area contributed by atoms with Gasteiger partial charge in [-0.25, -0.2) is 8.78 Å². The van der Waals surface area contributed by atoms with Gasteiger partial charge in [0.1, 0.15) is 24.8 Å². The van der Waals surface area contributed by atoms with Crippen molar-refractivity contribution >= 4 is 17.5 Å². The molecule has 3 aliphatic heterocycles. The largest absolute Gasteiger partial charge is 0.486 e. The van der Waals surface area contributed by atoms with Crippen LogP contribution < -0.4 is 24.8 Å². The average Bonchev–Trinajstić information content (AvgIpc) is 3.59. The highest BCUT2D eigenvalue weighted by atomic mass is 35.5. The number of amides is 1. The first-order chi connectivity index (χ1) is 17.9. The summed E-state index contributed by atoms with van der Waals surface area (Å²) in [6, 6.07) is 12.3. The Bertz CT molecular complexity index is 1400. The Hall–Kier alpha value is -3.36. The molecule has 1 amide bonds. The SMILES string of the molecule is CNC(=O)c1cc2c(c(F)c1-c1c(Cl)c(F)cc3c1C[C@](c1ccccc1)([C@@H]1CCCN1)O3)OCCO2. The van der Waals surface area contributed by atoms with E-state index in [1.54, 1.807) is 0 Å². The van der Waals surface area contributed by atoms with Gasteiger partial charge in [-0.15, -0.1) is 0 Å². The Morgan fingerprint density at radius 1 is 1.11 bits per heavy atom. The molecule has 0 radical (unpaired) electrons. The van der Waals surface area contributed by atoms with Crippen LogP contribution in [0.1, 0.15) is 34.3 Å². The number of benzene rings is 3. The van der Waals surface area contributed by atoms with Crippen LogP contribution >= 0.6 is 11.6 Å². The number of fused-ring (bicyclic) bond motifs is 2. The van der Waals surface area contributed by atoms with E-state index in [9.17, 15) is 4.79 Å². The Morgan fingerprint density at radius 3 is 2.62 bits per heavy atom. The summed E-state index contributed by atoms with van der Waals surface area (Å²) in [4.78, 5) is 12.9. The molecule has 3 heterocycles. The Balaban J connectivity index is 1.60. The molecule has 6 nitrogen and oxygen atoms in total. The van der Waals surface area contributed by atoms with Crippen LogP contribution in [0.2, 0.25) is 5.02 Å². The van der Waals surface area contributed by atoms with Gasteiger partial charge in [0.05, 0.1) is 16.6 Å². The molecule has 1 fully saturated rings. The van der Waals surface area contributed by atoms with E-state index >= 15 is 8.78 Å². The minimum Gasteiger partial charge on any atom is -0.486 e. The number of nitrogens with one attached hydrogen (secondary N) is 2. The van der Waals surface area contributed by atoms with Gasteiger partial charge in [-0.3, -0.25) is 4.79 Å². The molecule has 0 spiro atoms. The van der Waals surface area contributed by atoms with Crippen LogP contribution in [0.15, 0.2) is 42.5 Å². The third-order valence-electron chi connectivity index (χ3n) is 7.40. The average molecular weight is 527 g/mol. The fraction of sp³-hybridized carbons (Fsp3) is 0.321. The van der Waals surface area contributed by atoms with E-state index in [0.717, 1.165) is 24.9 Å². The van der Waals surface area contributed by atoms with Crippen LogP contribution in [-0.4, -0.2) is 38.8 Å². The molecule has 0 aromatic heterocycles. The van der Waals surface area contributed by atoms with Gasteiger partial charge in [0.25, 0.3) is 5.91 Å². The van der Waals surface area contributed by atoms with Crippen molar-refractivity contribution in [3.63, 3.8) is 0 Å². The number of hydrogen-bond acceptors (Lipinski definition) is 5. The second-order valence-corrected chi connectivity index (χ2v) is 9.80. The first-order valence-corrected chi connectivity index (χ1v) is 12.7. The summed E-state index contributed by atoms with van der Waals surface area (Å²) in [6.07, 6.45) is 2.13. The van der Waals surface area contributed by atoms with E-state index in [1.165, 1.54) is 19.2 Å². The Labute approximate surface area is 217 Å². The van der Waals surface area contributed by atoms with Gasteiger partial charge >= 0.3 is 0 Å². The highest BCUT2D eigenvalue weighted by Gasteiger charge is 2.50. The molecule has 0 bridgehead atoms. The summed E-state index contributed by atoms with van der Waals surface area (Å²) < 4.78 is 49.2. The van der Waals surface area contributed by atoms with E-state index < -0.39 is 23.1 Å². The molecule has 0 saturated carbocycles. The summed E-state index contributed by atoms with van der Waals surface area (Å²) in [5, 5.41) is 5.77. The van der Waals surface area contributed by atoms with Crippen LogP contribution in [0, 0.1) is 11.6 Å². The number of carbonyl (C=O) groups is 1. The fourth-order valence-corrected chi connectivity index (χ4v) is 5.99. The van der Waals surface area contributed by atoms with Crippen molar-refractivity contribution in [1.82, 2.24) is 10.6 Å². The zero-order chi connectivity index (χ0) is 25.7. The van der Waals surface area contributed by atoms with Crippen molar-refractivity contribution in [3.05, 3.63) is 75.8 Å². The van der Waals surface area contributed by atoms with Gasteiger partial charge in [-0.05, 0) is 31.0 Å². The zero-order valence-electron chi connectivity index (χ0n) is 20.1. The minimum absolute atomic E-state index is 0.0323. The van der Waals surface area contributed by atoms with Gasteiger partial charge in [0.15, 0.2) is 22.9 Å². The van der Waals surface area contributed by atoms with E-state index in [-0.39, 0.29) is 58.2 Å². The van der Waals surface area contributed by atoms with E-state index in [1.807, 2.05) is 30.3 Å². The highest BCUT2D eigenvalue weighted by molar-refractivity contribution is 6.34. The number of halogens is 3. The van der Waals surface area contributed by atoms with Crippen LogP contribution in [0.4, 0.5) is 8.78 Å². The lowest BCUT2D eigenvalue weighted by Crippen LogP contribution is -2.48. The predicted molar refractivity (Wildman–Crippen MR) is 135 cm³/mol. The second kappa shape index (κ2) is 9.19. The maximum atomic E-state index is 16.2. The molecule has 2 N–H and O–H groups in total. The number of carbonyl (C=O) groups excluding carboxylic acids is 1. The van der Waals surface area contributed by atoms with Gasteiger partial charge in [-0.2, -0.15) is 0 Å². The lowest BCUT2D eigenvalue weighted by Gasteiger charge is -2.35. The molecule has 37 heavy (non-hydrogen) atoms. The fourth-order valence-electron chi connectivity index (χ4n) is 5.73. The number of hydrogen-bond donors (Lipinski definition) is 2. The van der Waals surface area contributed by atoms with Crippen molar-refractivity contribution in [2.24, 2.45) is 0 Å².